The summed E-state index contributed by atoms with van der Waals surface area (Å²) < 4.78 is 10.6. The summed E-state index contributed by atoms with van der Waals surface area (Å²) in [6.45, 7) is 4.61. The van der Waals surface area contributed by atoms with E-state index < -0.39 is 35.9 Å². The quantitative estimate of drug-likeness (QED) is 0.760. The van der Waals surface area contributed by atoms with Gasteiger partial charge in [-0.15, -0.1) is 0 Å². The Labute approximate surface area is 162 Å². The number of urea groups is 1. The molecule has 1 fully saturated rings. The van der Waals surface area contributed by atoms with Gasteiger partial charge in [-0.3, -0.25) is 10.1 Å². The molecule has 3 heterocycles. The van der Waals surface area contributed by atoms with Crippen molar-refractivity contribution in [1.29, 1.82) is 0 Å². The van der Waals surface area contributed by atoms with Crippen LogP contribution >= 0.6 is 0 Å². The van der Waals surface area contributed by atoms with Crippen molar-refractivity contribution < 1.29 is 23.9 Å². The zero-order valence-electron chi connectivity index (χ0n) is 16.0. The van der Waals surface area contributed by atoms with Crippen molar-refractivity contribution in [2.24, 2.45) is 11.8 Å². The molecule has 1 aromatic rings. The summed E-state index contributed by atoms with van der Waals surface area (Å²) in [6.07, 6.45) is -0.548. The van der Waals surface area contributed by atoms with Crippen molar-refractivity contribution in [2.75, 3.05) is 20.3 Å². The summed E-state index contributed by atoms with van der Waals surface area (Å²) in [4.78, 5) is 39.5. The number of nitrogens with zero attached hydrogens (tertiary/aromatic N) is 1. The number of rotatable bonds is 4. The van der Waals surface area contributed by atoms with Crippen LogP contribution in [-0.2, 0) is 14.3 Å². The molecule has 0 bridgehead atoms. The van der Waals surface area contributed by atoms with Crippen LogP contribution in [0, 0.1) is 11.8 Å². The zero-order valence-corrected chi connectivity index (χ0v) is 16.0. The highest BCUT2D eigenvalue weighted by molar-refractivity contribution is 6.02. The number of hydrogen-bond acceptors (Lipinski definition) is 6. The van der Waals surface area contributed by atoms with Gasteiger partial charge in [-0.1, -0.05) is 26.0 Å². The topological polar surface area (TPSA) is 97.0 Å². The minimum atomic E-state index is -0.659. The standard InChI is InChI=1S/C20H23N3O5/c1-10(2)8-23-17-16(18(24)22-20(23)26)14(11-5-4-6-12(7-11)27-3)15-13(21-17)9-28-19(15)25/h4-7,10,14,16-17,21H,8-9H2,1-3H3,(H,22,24,26). The van der Waals surface area contributed by atoms with Gasteiger partial charge in [-0.05, 0) is 23.6 Å². The predicted octanol–water partition coefficient (Wildman–Crippen LogP) is 1.34. The molecule has 1 saturated heterocycles. The van der Waals surface area contributed by atoms with Crippen molar-refractivity contribution in [1.82, 2.24) is 15.5 Å². The summed E-state index contributed by atoms with van der Waals surface area (Å²) in [5.74, 6) is -1.18. The van der Waals surface area contributed by atoms with E-state index in [0.29, 0.717) is 23.6 Å². The van der Waals surface area contributed by atoms with E-state index in [4.69, 9.17) is 9.47 Å². The van der Waals surface area contributed by atoms with E-state index in [9.17, 15) is 14.4 Å². The molecule has 8 heteroatoms. The third-order valence-corrected chi connectivity index (χ3v) is 5.37. The first-order valence-electron chi connectivity index (χ1n) is 9.32. The molecule has 148 valence electrons. The van der Waals surface area contributed by atoms with Crippen LogP contribution in [0.25, 0.3) is 0 Å². The number of nitrogens with one attached hydrogen (secondary N) is 2. The molecule has 3 amide bonds. The summed E-state index contributed by atoms with van der Waals surface area (Å²) in [7, 11) is 1.56. The van der Waals surface area contributed by atoms with Crippen molar-refractivity contribution in [3.05, 3.63) is 41.1 Å². The van der Waals surface area contributed by atoms with Gasteiger partial charge in [0.05, 0.1) is 24.3 Å². The Hall–Kier alpha value is -3.03. The second-order valence-electron chi connectivity index (χ2n) is 7.68. The van der Waals surface area contributed by atoms with Crippen molar-refractivity contribution >= 4 is 17.9 Å². The van der Waals surface area contributed by atoms with Crippen molar-refractivity contribution in [3.63, 3.8) is 0 Å². The van der Waals surface area contributed by atoms with Crippen molar-refractivity contribution in [2.45, 2.75) is 25.9 Å². The Morgan fingerprint density at radius 3 is 2.79 bits per heavy atom. The number of imide groups is 1. The molecule has 0 aromatic heterocycles. The maximum absolute atomic E-state index is 12.9. The van der Waals surface area contributed by atoms with Gasteiger partial charge in [0.1, 0.15) is 18.5 Å². The van der Waals surface area contributed by atoms with Crippen LogP contribution in [0.2, 0.25) is 0 Å². The zero-order chi connectivity index (χ0) is 20.0. The first kappa shape index (κ1) is 18.3. The maximum Gasteiger partial charge on any atom is 0.336 e. The molecule has 3 atom stereocenters. The number of esters is 1. The molecule has 4 rings (SSSR count). The SMILES string of the molecule is COc1cccc(C2C3=C(COC3=O)NC3C2C(=O)NC(=O)N3CC(C)C)c1. The smallest absolute Gasteiger partial charge is 0.336 e. The van der Waals surface area contributed by atoms with Crippen LogP contribution in [0.1, 0.15) is 25.3 Å². The lowest BCUT2D eigenvalue weighted by Gasteiger charge is -2.47. The van der Waals surface area contributed by atoms with E-state index in [1.165, 1.54) is 0 Å². The Morgan fingerprint density at radius 1 is 1.29 bits per heavy atom. The van der Waals surface area contributed by atoms with Gasteiger partial charge in [0, 0.05) is 12.5 Å². The number of amides is 3. The number of carbonyl (C=O) groups excluding carboxylic acids is 3. The van der Waals surface area contributed by atoms with Crippen LogP contribution < -0.4 is 15.4 Å². The van der Waals surface area contributed by atoms with Gasteiger partial charge in [-0.25, -0.2) is 9.59 Å². The first-order valence-corrected chi connectivity index (χ1v) is 9.32. The molecule has 2 N–H and O–H groups in total. The molecule has 0 radical (unpaired) electrons. The van der Waals surface area contributed by atoms with Crippen LogP contribution in [-0.4, -0.2) is 49.2 Å². The lowest BCUT2D eigenvalue weighted by Crippen LogP contribution is -2.68. The van der Waals surface area contributed by atoms with Gasteiger partial charge in [0.25, 0.3) is 0 Å². The largest absolute Gasteiger partial charge is 0.497 e. The maximum atomic E-state index is 12.9. The fourth-order valence-electron chi connectivity index (χ4n) is 4.23. The summed E-state index contributed by atoms with van der Waals surface area (Å²) in [5.41, 5.74) is 1.86. The third-order valence-electron chi connectivity index (χ3n) is 5.37. The molecule has 0 saturated carbocycles. The fraction of sp³-hybridized carbons (Fsp3) is 0.450. The normalized spacial score (nSPS) is 26.5. The Balaban J connectivity index is 1.84. The molecule has 3 aliphatic heterocycles. The number of fused-ring (bicyclic) bond motifs is 1. The van der Waals surface area contributed by atoms with Crippen LogP contribution in [0.5, 0.6) is 5.75 Å². The van der Waals surface area contributed by atoms with Gasteiger partial charge >= 0.3 is 12.0 Å². The predicted molar refractivity (Wildman–Crippen MR) is 99.2 cm³/mol. The molecule has 0 spiro atoms. The fourth-order valence-corrected chi connectivity index (χ4v) is 4.23. The van der Waals surface area contributed by atoms with Gasteiger partial charge < -0.3 is 19.7 Å². The molecular formula is C20H23N3O5. The minimum absolute atomic E-state index is 0.114. The molecular weight excluding hydrogens is 362 g/mol. The Bertz CT molecular complexity index is 878. The lowest BCUT2D eigenvalue weighted by atomic mass is 9.74. The minimum Gasteiger partial charge on any atom is -0.497 e. The van der Waals surface area contributed by atoms with E-state index in [-0.39, 0.29) is 12.5 Å². The second kappa shape index (κ2) is 6.85. The average Bonchev–Trinajstić information content (AvgIpc) is 3.04. The molecule has 0 aliphatic carbocycles. The lowest BCUT2D eigenvalue weighted by molar-refractivity contribution is -0.136. The number of benzene rings is 1. The number of cyclic esters (lactones) is 1. The van der Waals surface area contributed by atoms with E-state index in [1.807, 2.05) is 32.0 Å². The highest BCUT2D eigenvalue weighted by atomic mass is 16.5. The Morgan fingerprint density at radius 2 is 2.07 bits per heavy atom. The molecule has 8 nitrogen and oxygen atoms in total. The van der Waals surface area contributed by atoms with Crippen LogP contribution in [0.3, 0.4) is 0 Å². The molecule has 3 aliphatic rings. The number of methoxy groups -OCH3 is 1. The molecule has 28 heavy (non-hydrogen) atoms. The number of carbonyl (C=O) groups is 3. The van der Waals surface area contributed by atoms with E-state index >= 15 is 0 Å². The van der Waals surface area contributed by atoms with E-state index in [1.54, 1.807) is 18.1 Å². The third kappa shape index (κ3) is 2.89. The van der Waals surface area contributed by atoms with Gasteiger partial charge in [-0.2, -0.15) is 0 Å². The van der Waals surface area contributed by atoms with Gasteiger partial charge in [0.2, 0.25) is 5.91 Å². The van der Waals surface area contributed by atoms with E-state index in [0.717, 1.165) is 5.56 Å². The van der Waals surface area contributed by atoms with E-state index in [2.05, 4.69) is 10.6 Å². The number of hydrogen-bond donors (Lipinski definition) is 2. The van der Waals surface area contributed by atoms with Crippen LogP contribution in [0.4, 0.5) is 4.79 Å². The summed E-state index contributed by atoms with van der Waals surface area (Å²) >= 11 is 0. The average molecular weight is 385 g/mol. The van der Waals surface area contributed by atoms with Gasteiger partial charge in [0.15, 0.2) is 0 Å². The van der Waals surface area contributed by atoms with Crippen molar-refractivity contribution in [3.8, 4) is 5.75 Å². The highest BCUT2D eigenvalue weighted by Crippen LogP contribution is 2.44. The monoisotopic (exact) mass is 385 g/mol. The molecule has 1 aromatic carbocycles. The summed E-state index contributed by atoms with van der Waals surface area (Å²) in [5, 5.41) is 5.70. The van der Waals surface area contributed by atoms with Crippen LogP contribution in [0.15, 0.2) is 35.5 Å². The Kier molecular flexibility index (Phi) is 4.49. The molecule has 3 unspecified atom stereocenters. The second-order valence-corrected chi connectivity index (χ2v) is 7.68. The first-order chi connectivity index (χ1) is 13.4. The summed E-state index contributed by atoms with van der Waals surface area (Å²) in [6, 6.07) is 6.89. The highest BCUT2D eigenvalue weighted by Gasteiger charge is 2.53. The number of ether oxygens (including phenoxy) is 2.